The number of carboxylic acids is 1. The molecule has 2 saturated heterocycles. The average molecular weight is 1300 g/mol. The molecule has 506 valence electrons. The number of nitrogens with one attached hydrogen (secondary N) is 7. The van der Waals surface area contributed by atoms with E-state index in [2.05, 4.69) is 52.2 Å². The molecule has 93 heavy (non-hydrogen) atoms. The predicted octanol–water partition coefficient (Wildman–Crippen LogP) is -6.77. The molecule has 3 aromatic carbocycles. The zero-order valence-electron chi connectivity index (χ0n) is 51.4. The number of hydrogen-bond acceptors (Lipinski definition) is 17. The van der Waals surface area contributed by atoms with Crippen LogP contribution >= 0.6 is 0 Å². The Bertz CT molecular complexity index is 3100. The Hall–Kier alpha value is -9.99. The topological polar surface area (TPSA) is 562 Å². The highest BCUT2D eigenvalue weighted by atomic mass is 16.4. The van der Waals surface area contributed by atoms with E-state index in [1.165, 1.54) is 0 Å². The van der Waals surface area contributed by atoms with E-state index in [0.717, 1.165) is 9.80 Å². The molecule has 33 nitrogen and oxygen atoms in total. The monoisotopic (exact) mass is 1300 g/mol. The summed E-state index contributed by atoms with van der Waals surface area (Å²) in [6, 6.07) is 12.6. The van der Waals surface area contributed by atoms with Crippen molar-refractivity contribution in [3.8, 4) is 0 Å². The van der Waals surface area contributed by atoms with Gasteiger partial charge in [0.2, 0.25) is 53.2 Å². The van der Waals surface area contributed by atoms with Crippen LogP contribution in [0.4, 0.5) is 0 Å². The summed E-state index contributed by atoms with van der Waals surface area (Å²) in [6.07, 6.45) is -2.80. The van der Waals surface area contributed by atoms with Crippen LogP contribution in [0.25, 0.3) is 0 Å². The maximum absolute atomic E-state index is 14.5. The molecule has 11 atom stereocenters. The van der Waals surface area contributed by atoms with Gasteiger partial charge >= 0.3 is 5.97 Å². The van der Waals surface area contributed by atoms with Crippen molar-refractivity contribution >= 4 is 77.0 Å². The number of hydrogen-bond donors (Lipinski definition) is 18. The van der Waals surface area contributed by atoms with Crippen molar-refractivity contribution in [2.75, 3.05) is 45.9 Å². The number of aliphatic carboxylic acids is 1. The van der Waals surface area contributed by atoms with Gasteiger partial charge in [0.15, 0.2) is 17.9 Å². The first-order valence-corrected chi connectivity index (χ1v) is 30.3. The third-order valence-electron chi connectivity index (χ3n) is 15.1. The Morgan fingerprint density at radius 3 is 1.30 bits per heavy atom. The van der Waals surface area contributed by atoms with E-state index in [1.54, 1.807) is 91.0 Å². The lowest BCUT2D eigenvalue weighted by molar-refractivity contribution is -0.148. The number of β-amino-alcohol motifs (C(OH)–C–C–N with tert-alkyl or cyclic N) is 2. The normalized spacial score (nSPS) is 18.1. The van der Waals surface area contributed by atoms with Gasteiger partial charge in [0.25, 0.3) is 0 Å². The minimum absolute atomic E-state index is 0.0276. The fourth-order valence-electron chi connectivity index (χ4n) is 10.4. The number of guanidine groups is 3. The van der Waals surface area contributed by atoms with E-state index in [4.69, 9.17) is 40.1 Å². The van der Waals surface area contributed by atoms with E-state index in [1.807, 2.05) is 0 Å². The van der Waals surface area contributed by atoms with Crippen molar-refractivity contribution in [1.29, 1.82) is 0 Å². The zero-order valence-corrected chi connectivity index (χ0v) is 51.4. The number of carbonyl (C=O) groups is 10. The molecule has 3 aromatic rings. The van der Waals surface area contributed by atoms with E-state index in [0.29, 0.717) is 23.1 Å². The van der Waals surface area contributed by atoms with Crippen LogP contribution in [0.15, 0.2) is 106 Å². The minimum atomic E-state index is -1.76. The van der Waals surface area contributed by atoms with Crippen molar-refractivity contribution in [1.82, 2.24) is 47.0 Å². The highest BCUT2D eigenvalue weighted by Gasteiger charge is 2.48. The maximum Gasteiger partial charge on any atom is 0.326 e. The predicted molar refractivity (Wildman–Crippen MR) is 340 cm³/mol. The molecular formula is C60H87N19O14. The summed E-state index contributed by atoms with van der Waals surface area (Å²) in [5.41, 5.74) is 40.3. The highest BCUT2D eigenvalue weighted by molar-refractivity contribution is 5.98. The Kier molecular flexibility index (Phi) is 29.6. The second-order valence-corrected chi connectivity index (χ2v) is 22.5. The number of aliphatic imine (C=N–C) groups is 3. The maximum atomic E-state index is 14.5. The Labute approximate surface area is 536 Å². The van der Waals surface area contributed by atoms with Crippen LogP contribution in [-0.4, -0.2) is 220 Å². The van der Waals surface area contributed by atoms with Crippen molar-refractivity contribution in [2.24, 2.45) is 55.1 Å². The lowest BCUT2D eigenvalue weighted by atomic mass is 10.0. The lowest BCUT2D eigenvalue weighted by Crippen LogP contribution is -2.60. The van der Waals surface area contributed by atoms with Crippen LogP contribution in [0.5, 0.6) is 0 Å². The molecule has 33 heteroatoms. The molecule has 9 amide bonds. The summed E-state index contributed by atoms with van der Waals surface area (Å²) in [5, 5.41) is 60.1. The quantitative estimate of drug-likeness (QED) is 0.0146. The number of amides is 9. The second-order valence-electron chi connectivity index (χ2n) is 22.5. The number of benzene rings is 3. The Morgan fingerprint density at radius 1 is 0.484 bits per heavy atom. The van der Waals surface area contributed by atoms with Crippen LogP contribution < -0.4 is 77.4 Å². The van der Waals surface area contributed by atoms with Gasteiger partial charge in [-0.05, 0) is 55.2 Å². The molecule has 0 spiro atoms. The molecule has 0 unspecified atom stereocenters. The molecule has 25 N–H and O–H groups in total. The Balaban J connectivity index is 1.29. The number of nitrogens with two attached hydrogens (primary N) is 7. The van der Waals surface area contributed by atoms with Crippen molar-refractivity contribution in [3.63, 3.8) is 0 Å². The van der Waals surface area contributed by atoms with E-state index >= 15 is 0 Å². The molecule has 2 aliphatic heterocycles. The fourth-order valence-corrected chi connectivity index (χ4v) is 10.4. The zero-order chi connectivity index (χ0) is 68.1. The third kappa shape index (κ3) is 24.6. The SMILES string of the molecule is NC(N)=NCCC[C@@H](N)C(=O)N[C@@H](CCCN=C(N)N)C(=O)N1C[C@H](O)C[C@H]1C(=O)N1C[C@H](O)C[C@H]1C(=O)NCC(=O)N[C@@H](Cc1ccccc1)C(=O)N[C@@H](CO)C(=O)N[C@H](Cc1ccccc1)C(=O)N[C@@H](Cc1ccccc1)C(=O)N[C@@H](CCCN=C(N)N)C(=O)O. The highest BCUT2D eigenvalue weighted by Crippen LogP contribution is 2.27. The first-order chi connectivity index (χ1) is 44.3. The van der Waals surface area contributed by atoms with Crippen molar-refractivity contribution < 1.29 is 68.4 Å². The summed E-state index contributed by atoms with van der Waals surface area (Å²) >= 11 is 0. The molecule has 2 aliphatic rings. The van der Waals surface area contributed by atoms with Crippen LogP contribution in [0.3, 0.4) is 0 Å². The number of aliphatic hydroxyl groups excluding tert-OH is 3. The van der Waals surface area contributed by atoms with E-state index in [-0.39, 0.29) is 115 Å². The van der Waals surface area contributed by atoms with Crippen molar-refractivity contribution in [3.05, 3.63) is 108 Å². The largest absolute Gasteiger partial charge is 0.480 e. The molecule has 0 radical (unpaired) electrons. The number of carbonyl (C=O) groups excluding carboxylic acids is 9. The first-order valence-electron chi connectivity index (χ1n) is 30.3. The lowest BCUT2D eigenvalue weighted by Gasteiger charge is -2.33. The summed E-state index contributed by atoms with van der Waals surface area (Å²) in [5.74, 6) is -9.88. The number of likely N-dealkylation sites (tertiary alicyclic amines) is 2. The number of aliphatic hydroxyl groups is 3. The van der Waals surface area contributed by atoms with Crippen LogP contribution in [0, 0.1) is 0 Å². The van der Waals surface area contributed by atoms with Crippen molar-refractivity contribution in [2.45, 2.75) is 137 Å². The number of rotatable bonds is 36. The average Bonchev–Trinajstić information content (AvgIpc) is 1.66. The molecule has 0 bridgehead atoms. The molecule has 5 rings (SSSR count). The van der Waals surface area contributed by atoms with Gasteiger partial charge in [0, 0.05) is 64.8 Å². The summed E-state index contributed by atoms with van der Waals surface area (Å²) in [4.78, 5) is 153. The molecule has 0 aromatic heterocycles. The molecule has 2 fully saturated rings. The van der Waals surface area contributed by atoms with Gasteiger partial charge in [-0.25, -0.2) is 4.79 Å². The first kappa shape index (κ1) is 73.7. The van der Waals surface area contributed by atoms with Gasteiger partial charge in [0.05, 0.1) is 31.4 Å². The van der Waals surface area contributed by atoms with Gasteiger partial charge in [-0.2, -0.15) is 0 Å². The van der Waals surface area contributed by atoms with Crippen LogP contribution in [0.1, 0.15) is 68.1 Å². The summed E-state index contributed by atoms with van der Waals surface area (Å²) in [6.45, 7) is -2.21. The van der Waals surface area contributed by atoms with E-state index < -0.39 is 139 Å². The van der Waals surface area contributed by atoms with Crippen LogP contribution in [0.2, 0.25) is 0 Å². The minimum Gasteiger partial charge on any atom is -0.480 e. The van der Waals surface area contributed by atoms with Gasteiger partial charge in [-0.1, -0.05) is 91.0 Å². The Morgan fingerprint density at radius 2 is 0.860 bits per heavy atom. The standard InChI is InChI=1S/C60H87N19O14/c61-39(19-10-22-68-58(62)63)49(84)73-40(20-11-23-69-59(64)65)55(90)79-32-38(82)29-47(79)56(91)78-31-37(81)28-46(78)54(89)71-30-48(83)72-42(25-34-13-4-1-5-14-34)50(85)77-45(33-80)53(88)76-44(27-36-17-8-3-9-18-36)52(87)75-43(26-35-15-6-2-7-16-35)51(86)74-41(57(92)93)21-12-24-70-60(66)67/h1-9,13-18,37-47,80-82H,10-12,19-33,61H2,(H,71,89)(H,72,83)(H,73,84)(H,74,86)(H,75,87)(H,76,88)(H,77,85)(H,92,93)(H4,62,63,68)(H4,64,65,69)(H4,66,67,70)/t37-,38-,39-,40+,41+,42+,43+,44-,45+,46+,47+/m1/s1. The van der Waals surface area contributed by atoms with E-state index in [9.17, 15) is 68.4 Å². The summed E-state index contributed by atoms with van der Waals surface area (Å²) < 4.78 is 0. The van der Waals surface area contributed by atoms with Crippen LogP contribution in [-0.2, 0) is 67.2 Å². The number of nitrogens with zero attached hydrogens (tertiary/aromatic N) is 5. The molecule has 2 heterocycles. The molecule has 0 aliphatic carbocycles. The second kappa shape index (κ2) is 37.4. The van der Waals surface area contributed by atoms with Gasteiger partial charge < -0.3 is 108 Å². The smallest absolute Gasteiger partial charge is 0.326 e. The fraction of sp³-hybridized carbons (Fsp3) is 0.483. The van der Waals surface area contributed by atoms with Gasteiger partial charge in [-0.3, -0.25) is 58.1 Å². The number of carboxylic acid groups (broad SMARTS) is 1. The van der Waals surface area contributed by atoms with Gasteiger partial charge in [0.1, 0.15) is 48.3 Å². The molecule has 0 saturated carbocycles. The molecular weight excluding hydrogens is 1210 g/mol. The third-order valence-corrected chi connectivity index (χ3v) is 15.1. The summed E-state index contributed by atoms with van der Waals surface area (Å²) in [7, 11) is 0. The van der Waals surface area contributed by atoms with Gasteiger partial charge in [-0.15, -0.1) is 0 Å².